The molecule has 0 aliphatic carbocycles. The van der Waals surface area contributed by atoms with E-state index in [1.807, 2.05) is 30.3 Å². The average Bonchev–Trinajstić information content (AvgIpc) is 2.69. The third kappa shape index (κ3) is 8.64. The molecule has 0 atom stereocenters. The SMILES string of the molecule is CC(C)(C)OC(=O)Nc1ccc(C(=O)OCC(=O)NCCOc2ccccc2)cc1. The van der Waals surface area contributed by atoms with E-state index < -0.39 is 30.2 Å². The lowest BCUT2D eigenvalue weighted by molar-refractivity contribution is -0.124. The van der Waals surface area contributed by atoms with Gasteiger partial charge in [-0.25, -0.2) is 9.59 Å². The number of anilines is 1. The molecular weight excluding hydrogens is 388 g/mol. The van der Waals surface area contributed by atoms with E-state index in [1.54, 1.807) is 32.9 Å². The third-order valence-corrected chi connectivity index (χ3v) is 3.54. The molecule has 0 aromatic heterocycles. The molecule has 8 nitrogen and oxygen atoms in total. The van der Waals surface area contributed by atoms with E-state index in [-0.39, 0.29) is 12.1 Å². The number of ether oxygens (including phenoxy) is 3. The number of esters is 1. The zero-order valence-corrected chi connectivity index (χ0v) is 17.3. The number of benzene rings is 2. The fourth-order valence-corrected chi connectivity index (χ4v) is 2.25. The monoisotopic (exact) mass is 414 g/mol. The first-order valence-electron chi connectivity index (χ1n) is 9.45. The maximum Gasteiger partial charge on any atom is 0.412 e. The topological polar surface area (TPSA) is 103 Å². The van der Waals surface area contributed by atoms with Crippen LogP contribution in [0.3, 0.4) is 0 Å². The van der Waals surface area contributed by atoms with Crippen molar-refractivity contribution in [1.82, 2.24) is 5.32 Å². The predicted octanol–water partition coefficient (Wildman–Crippen LogP) is 3.39. The predicted molar refractivity (Wildman–Crippen MR) is 112 cm³/mol. The highest BCUT2D eigenvalue weighted by molar-refractivity contribution is 5.92. The van der Waals surface area contributed by atoms with Gasteiger partial charge in [-0.2, -0.15) is 0 Å². The summed E-state index contributed by atoms with van der Waals surface area (Å²) in [5.41, 5.74) is 0.115. The van der Waals surface area contributed by atoms with Crippen molar-refractivity contribution >= 4 is 23.7 Å². The molecule has 0 aliphatic heterocycles. The number of hydrogen-bond acceptors (Lipinski definition) is 6. The molecule has 8 heteroatoms. The molecule has 0 radical (unpaired) electrons. The first-order valence-corrected chi connectivity index (χ1v) is 9.45. The standard InChI is InChI=1S/C22H26N2O6/c1-22(2,3)30-21(27)24-17-11-9-16(10-12-17)20(26)29-15-19(25)23-13-14-28-18-7-5-4-6-8-18/h4-12H,13-15H2,1-3H3,(H,23,25)(H,24,27). The molecule has 2 N–H and O–H groups in total. The van der Waals surface area contributed by atoms with Crippen LogP contribution in [0.1, 0.15) is 31.1 Å². The van der Waals surface area contributed by atoms with E-state index >= 15 is 0 Å². The molecule has 0 bridgehead atoms. The third-order valence-electron chi connectivity index (χ3n) is 3.54. The highest BCUT2D eigenvalue weighted by Gasteiger charge is 2.16. The van der Waals surface area contributed by atoms with Crippen molar-refractivity contribution in [2.75, 3.05) is 25.1 Å². The van der Waals surface area contributed by atoms with Gasteiger partial charge in [0.1, 0.15) is 18.0 Å². The van der Waals surface area contributed by atoms with Crippen LogP contribution in [-0.2, 0) is 14.3 Å². The number of rotatable bonds is 8. The maximum absolute atomic E-state index is 12.0. The van der Waals surface area contributed by atoms with Crippen LogP contribution in [0.5, 0.6) is 5.75 Å². The maximum atomic E-state index is 12.0. The minimum absolute atomic E-state index is 0.255. The van der Waals surface area contributed by atoms with Gasteiger partial charge in [0.05, 0.1) is 12.1 Å². The number of para-hydroxylation sites is 1. The molecule has 160 valence electrons. The van der Waals surface area contributed by atoms with Gasteiger partial charge in [-0.05, 0) is 57.2 Å². The Labute approximate surface area is 175 Å². The normalized spacial score (nSPS) is 10.6. The van der Waals surface area contributed by atoms with E-state index in [2.05, 4.69) is 10.6 Å². The lowest BCUT2D eigenvalue weighted by atomic mass is 10.2. The Hall–Kier alpha value is -3.55. The number of amides is 2. The van der Waals surface area contributed by atoms with Gasteiger partial charge in [-0.15, -0.1) is 0 Å². The van der Waals surface area contributed by atoms with E-state index in [0.717, 1.165) is 0 Å². The molecule has 30 heavy (non-hydrogen) atoms. The summed E-state index contributed by atoms with van der Waals surface area (Å²) in [6.07, 6.45) is -0.592. The Morgan fingerprint density at radius 2 is 1.60 bits per heavy atom. The Bertz CT molecular complexity index is 844. The largest absolute Gasteiger partial charge is 0.492 e. The van der Waals surface area contributed by atoms with Crippen molar-refractivity contribution in [3.63, 3.8) is 0 Å². The smallest absolute Gasteiger partial charge is 0.412 e. The molecule has 2 amide bonds. The summed E-state index contributed by atoms with van der Waals surface area (Å²) < 4.78 is 15.6. The summed E-state index contributed by atoms with van der Waals surface area (Å²) in [7, 11) is 0. The molecule has 0 saturated carbocycles. The summed E-state index contributed by atoms with van der Waals surface area (Å²) in [4.78, 5) is 35.6. The van der Waals surface area contributed by atoms with Crippen LogP contribution in [0.4, 0.5) is 10.5 Å². The van der Waals surface area contributed by atoms with Crippen molar-refractivity contribution in [2.24, 2.45) is 0 Å². The summed E-state index contributed by atoms with van der Waals surface area (Å²) >= 11 is 0. The second-order valence-corrected chi connectivity index (χ2v) is 7.29. The van der Waals surface area contributed by atoms with Gasteiger partial charge in [0, 0.05) is 5.69 Å². The molecule has 2 aromatic carbocycles. The quantitative estimate of drug-likeness (QED) is 0.507. The number of carbonyl (C=O) groups excluding carboxylic acids is 3. The van der Waals surface area contributed by atoms with Gasteiger partial charge in [-0.3, -0.25) is 10.1 Å². The van der Waals surface area contributed by atoms with Crippen molar-refractivity contribution in [3.8, 4) is 5.75 Å². The first-order chi connectivity index (χ1) is 14.2. The van der Waals surface area contributed by atoms with Crippen LogP contribution >= 0.6 is 0 Å². The average molecular weight is 414 g/mol. The van der Waals surface area contributed by atoms with Crippen molar-refractivity contribution in [2.45, 2.75) is 26.4 Å². The molecule has 0 unspecified atom stereocenters. The van der Waals surface area contributed by atoms with Crippen LogP contribution in [0.2, 0.25) is 0 Å². The van der Waals surface area contributed by atoms with E-state index in [4.69, 9.17) is 14.2 Å². The molecule has 0 spiro atoms. The Kier molecular flexibility index (Phi) is 8.22. The van der Waals surface area contributed by atoms with Crippen LogP contribution < -0.4 is 15.4 Å². The fourth-order valence-electron chi connectivity index (χ4n) is 2.25. The second-order valence-electron chi connectivity index (χ2n) is 7.29. The highest BCUT2D eigenvalue weighted by Crippen LogP contribution is 2.13. The van der Waals surface area contributed by atoms with E-state index in [0.29, 0.717) is 18.0 Å². The summed E-state index contributed by atoms with van der Waals surface area (Å²) in [5, 5.41) is 5.17. The Morgan fingerprint density at radius 3 is 2.23 bits per heavy atom. The van der Waals surface area contributed by atoms with Gasteiger partial charge in [0.2, 0.25) is 0 Å². The molecule has 2 rings (SSSR count). The molecule has 2 aromatic rings. The van der Waals surface area contributed by atoms with Gasteiger partial charge in [0.25, 0.3) is 5.91 Å². The lowest BCUT2D eigenvalue weighted by Crippen LogP contribution is -2.32. The molecule has 0 fully saturated rings. The van der Waals surface area contributed by atoms with E-state index in [1.165, 1.54) is 12.1 Å². The number of hydrogen-bond donors (Lipinski definition) is 2. The zero-order chi connectivity index (χ0) is 22.0. The van der Waals surface area contributed by atoms with Gasteiger partial charge >= 0.3 is 12.1 Å². The molecular formula is C22H26N2O6. The molecule has 0 saturated heterocycles. The summed E-state index contributed by atoms with van der Waals surface area (Å²) in [6, 6.07) is 15.3. The van der Waals surface area contributed by atoms with Crippen LogP contribution in [0.25, 0.3) is 0 Å². The Morgan fingerprint density at radius 1 is 0.933 bits per heavy atom. The fraction of sp³-hybridized carbons (Fsp3) is 0.318. The Balaban J connectivity index is 1.68. The number of nitrogens with one attached hydrogen (secondary N) is 2. The van der Waals surface area contributed by atoms with Gasteiger partial charge in [-0.1, -0.05) is 18.2 Å². The lowest BCUT2D eigenvalue weighted by Gasteiger charge is -2.19. The second kappa shape index (κ2) is 10.8. The van der Waals surface area contributed by atoms with Gasteiger partial charge < -0.3 is 19.5 Å². The van der Waals surface area contributed by atoms with Crippen LogP contribution in [-0.4, -0.2) is 43.3 Å². The minimum Gasteiger partial charge on any atom is -0.492 e. The number of carbonyl (C=O) groups is 3. The van der Waals surface area contributed by atoms with Crippen molar-refractivity contribution in [1.29, 1.82) is 0 Å². The summed E-state index contributed by atoms with van der Waals surface area (Å²) in [6.45, 7) is 5.47. The van der Waals surface area contributed by atoms with E-state index in [9.17, 15) is 14.4 Å². The van der Waals surface area contributed by atoms with Gasteiger partial charge in [0.15, 0.2) is 6.61 Å². The molecule has 0 aliphatic rings. The molecule has 0 heterocycles. The van der Waals surface area contributed by atoms with Crippen molar-refractivity contribution in [3.05, 3.63) is 60.2 Å². The van der Waals surface area contributed by atoms with Crippen LogP contribution in [0.15, 0.2) is 54.6 Å². The minimum atomic E-state index is -0.644. The summed E-state index contributed by atoms with van der Waals surface area (Å²) in [5.74, 6) is -0.361. The highest BCUT2D eigenvalue weighted by atomic mass is 16.6. The van der Waals surface area contributed by atoms with Crippen molar-refractivity contribution < 1.29 is 28.6 Å². The first kappa shape index (κ1) is 22.7. The zero-order valence-electron chi connectivity index (χ0n) is 17.3. The van der Waals surface area contributed by atoms with Crippen LogP contribution in [0, 0.1) is 0 Å².